The zero-order valence-electron chi connectivity index (χ0n) is 8.59. The van der Waals surface area contributed by atoms with Crippen LogP contribution in [0.3, 0.4) is 0 Å². The predicted octanol–water partition coefficient (Wildman–Crippen LogP) is 2.83. The molecule has 0 amide bonds. The molecule has 0 aliphatic heterocycles. The molecule has 0 spiro atoms. The lowest BCUT2D eigenvalue weighted by Crippen LogP contribution is -2.08. The van der Waals surface area contributed by atoms with Gasteiger partial charge in [-0.25, -0.2) is 0 Å². The number of para-hydroxylation sites is 1. The van der Waals surface area contributed by atoms with Crippen molar-refractivity contribution in [3.63, 3.8) is 0 Å². The van der Waals surface area contributed by atoms with Crippen LogP contribution in [0.4, 0.5) is 0 Å². The van der Waals surface area contributed by atoms with Crippen LogP contribution in [0.2, 0.25) is 5.02 Å². The quantitative estimate of drug-likeness (QED) is 0.835. The first kappa shape index (κ1) is 11.3. The summed E-state index contributed by atoms with van der Waals surface area (Å²) >= 11 is 6.01. The second-order valence-corrected chi connectivity index (χ2v) is 4.04. The second kappa shape index (κ2) is 5.23. The van der Waals surface area contributed by atoms with Gasteiger partial charge in [0, 0.05) is 12.1 Å². The lowest BCUT2D eigenvalue weighted by atomic mass is 10.2. The fraction of sp³-hybridized carbons (Fsp3) is 0.455. The Kier molecular flexibility index (Phi) is 4.23. The van der Waals surface area contributed by atoms with Gasteiger partial charge in [0.05, 0.1) is 11.6 Å². The Bertz CT molecular complexity index is 299. The first-order chi connectivity index (χ1) is 6.65. The first-order valence-electron chi connectivity index (χ1n) is 4.75. The third-order valence-electron chi connectivity index (χ3n) is 1.83. The molecule has 2 N–H and O–H groups in total. The van der Waals surface area contributed by atoms with Crippen LogP contribution in [0.15, 0.2) is 18.2 Å². The van der Waals surface area contributed by atoms with Gasteiger partial charge in [0.15, 0.2) is 0 Å². The molecule has 0 unspecified atom stereocenters. The number of rotatable bonds is 4. The van der Waals surface area contributed by atoms with E-state index in [1.54, 1.807) is 0 Å². The van der Waals surface area contributed by atoms with Crippen LogP contribution in [0.25, 0.3) is 0 Å². The molecular formula is C11H16ClNO. The minimum atomic E-state index is 0.452. The molecule has 0 bridgehead atoms. The van der Waals surface area contributed by atoms with Crippen LogP contribution in [0.1, 0.15) is 19.4 Å². The summed E-state index contributed by atoms with van der Waals surface area (Å²) < 4.78 is 5.61. The van der Waals surface area contributed by atoms with E-state index >= 15 is 0 Å². The van der Waals surface area contributed by atoms with Crippen LogP contribution >= 0.6 is 11.6 Å². The van der Waals surface area contributed by atoms with Crippen molar-refractivity contribution < 1.29 is 4.74 Å². The van der Waals surface area contributed by atoms with Gasteiger partial charge in [0.2, 0.25) is 0 Å². The van der Waals surface area contributed by atoms with Crippen molar-refractivity contribution in [2.45, 2.75) is 20.4 Å². The molecule has 0 radical (unpaired) electrons. The smallest absolute Gasteiger partial charge is 0.142 e. The molecule has 0 heterocycles. The third kappa shape index (κ3) is 2.89. The van der Waals surface area contributed by atoms with Crippen LogP contribution in [-0.4, -0.2) is 6.61 Å². The molecule has 1 aromatic carbocycles. The van der Waals surface area contributed by atoms with Crippen molar-refractivity contribution in [1.29, 1.82) is 0 Å². The molecule has 0 aromatic heterocycles. The number of hydrogen-bond acceptors (Lipinski definition) is 2. The average Bonchev–Trinajstić information content (AvgIpc) is 2.15. The van der Waals surface area contributed by atoms with Crippen LogP contribution in [0.5, 0.6) is 5.75 Å². The topological polar surface area (TPSA) is 35.2 Å². The number of hydrogen-bond donors (Lipinski definition) is 1. The summed E-state index contributed by atoms with van der Waals surface area (Å²) in [5, 5.41) is 0.633. The van der Waals surface area contributed by atoms with E-state index in [1.165, 1.54) is 0 Å². The Hall–Kier alpha value is -0.730. The van der Waals surface area contributed by atoms with Gasteiger partial charge in [-0.1, -0.05) is 37.6 Å². The second-order valence-electron chi connectivity index (χ2n) is 3.64. The fourth-order valence-electron chi connectivity index (χ4n) is 1.13. The van der Waals surface area contributed by atoms with Crippen molar-refractivity contribution in [3.05, 3.63) is 28.8 Å². The number of benzene rings is 1. The minimum Gasteiger partial charge on any atom is -0.491 e. The largest absolute Gasteiger partial charge is 0.491 e. The molecule has 3 heteroatoms. The van der Waals surface area contributed by atoms with E-state index in [1.807, 2.05) is 18.2 Å². The van der Waals surface area contributed by atoms with Crippen molar-refractivity contribution in [3.8, 4) is 5.75 Å². The van der Waals surface area contributed by atoms with Crippen molar-refractivity contribution in [1.82, 2.24) is 0 Å². The van der Waals surface area contributed by atoms with E-state index in [9.17, 15) is 0 Å². The van der Waals surface area contributed by atoms with Crippen LogP contribution in [0, 0.1) is 5.92 Å². The lowest BCUT2D eigenvalue weighted by molar-refractivity contribution is 0.269. The Morgan fingerprint density at radius 2 is 2.14 bits per heavy atom. The number of nitrogens with two attached hydrogens (primary N) is 1. The predicted molar refractivity (Wildman–Crippen MR) is 59.7 cm³/mol. The summed E-state index contributed by atoms with van der Waals surface area (Å²) in [7, 11) is 0. The molecule has 1 aromatic rings. The summed E-state index contributed by atoms with van der Waals surface area (Å²) in [5.74, 6) is 1.21. The maximum Gasteiger partial charge on any atom is 0.142 e. The summed E-state index contributed by atoms with van der Waals surface area (Å²) in [5.41, 5.74) is 6.54. The van der Waals surface area contributed by atoms with E-state index in [2.05, 4.69) is 13.8 Å². The zero-order chi connectivity index (χ0) is 10.6. The van der Waals surface area contributed by atoms with Crippen LogP contribution < -0.4 is 10.5 Å². The van der Waals surface area contributed by atoms with Crippen molar-refractivity contribution in [2.75, 3.05) is 6.61 Å². The molecule has 0 aliphatic rings. The van der Waals surface area contributed by atoms with Crippen molar-refractivity contribution in [2.24, 2.45) is 11.7 Å². The maximum atomic E-state index is 6.01. The zero-order valence-corrected chi connectivity index (χ0v) is 9.34. The van der Waals surface area contributed by atoms with Crippen molar-refractivity contribution >= 4 is 11.6 Å². The Labute approximate surface area is 90.0 Å². The molecule has 14 heavy (non-hydrogen) atoms. The van der Waals surface area contributed by atoms with Gasteiger partial charge >= 0.3 is 0 Å². The third-order valence-corrected chi connectivity index (χ3v) is 2.13. The van der Waals surface area contributed by atoms with E-state index in [-0.39, 0.29) is 0 Å². The normalized spacial score (nSPS) is 10.6. The van der Waals surface area contributed by atoms with E-state index in [0.29, 0.717) is 24.1 Å². The molecule has 0 aliphatic carbocycles. The highest BCUT2D eigenvalue weighted by Crippen LogP contribution is 2.28. The average molecular weight is 214 g/mol. The maximum absolute atomic E-state index is 6.01. The monoisotopic (exact) mass is 213 g/mol. The minimum absolute atomic E-state index is 0.452. The summed E-state index contributed by atoms with van der Waals surface area (Å²) in [6.07, 6.45) is 0. The van der Waals surface area contributed by atoms with Gasteiger partial charge in [0.25, 0.3) is 0 Å². The van der Waals surface area contributed by atoms with E-state index in [0.717, 1.165) is 11.3 Å². The molecular weight excluding hydrogens is 198 g/mol. The molecule has 0 atom stereocenters. The summed E-state index contributed by atoms with van der Waals surface area (Å²) in [4.78, 5) is 0. The Morgan fingerprint density at radius 3 is 2.71 bits per heavy atom. The number of ether oxygens (including phenoxy) is 1. The molecule has 2 nitrogen and oxygen atoms in total. The van der Waals surface area contributed by atoms with Gasteiger partial charge in [-0.3, -0.25) is 0 Å². The Morgan fingerprint density at radius 1 is 1.43 bits per heavy atom. The molecule has 1 rings (SSSR count). The van der Waals surface area contributed by atoms with Gasteiger partial charge in [-0.2, -0.15) is 0 Å². The van der Waals surface area contributed by atoms with E-state index in [4.69, 9.17) is 22.1 Å². The lowest BCUT2D eigenvalue weighted by Gasteiger charge is -2.13. The van der Waals surface area contributed by atoms with E-state index < -0.39 is 0 Å². The van der Waals surface area contributed by atoms with Gasteiger partial charge in [0.1, 0.15) is 5.75 Å². The summed E-state index contributed by atoms with van der Waals surface area (Å²) in [6, 6.07) is 5.63. The molecule has 0 fully saturated rings. The highest BCUT2D eigenvalue weighted by atomic mass is 35.5. The van der Waals surface area contributed by atoms with Gasteiger partial charge in [-0.15, -0.1) is 0 Å². The van der Waals surface area contributed by atoms with Crippen LogP contribution in [-0.2, 0) is 6.54 Å². The highest BCUT2D eigenvalue weighted by molar-refractivity contribution is 6.32. The molecule has 0 saturated heterocycles. The first-order valence-corrected chi connectivity index (χ1v) is 5.13. The van der Waals surface area contributed by atoms with Gasteiger partial charge in [-0.05, 0) is 12.0 Å². The highest BCUT2D eigenvalue weighted by Gasteiger charge is 2.07. The Balaban J connectivity index is 2.82. The van der Waals surface area contributed by atoms with Gasteiger partial charge < -0.3 is 10.5 Å². The summed E-state index contributed by atoms with van der Waals surface area (Å²) in [6.45, 7) is 5.31. The fourth-order valence-corrected chi connectivity index (χ4v) is 1.37. The number of halogens is 1. The molecule has 78 valence electrons. The standard InChI is InChI=1S/C11H16ClNO/c1-8(2)7-14-11-9(6-13)4-3-5-10(11)12/h3-5,8H,6-7,13H2,1-2H3. The SMILES string of the molecule is CC(C)COc1c(Cl)cccc1CN. The molecule has 0 saturated carbocycles.